The number of carbonyl (C=O) groups is 6. The highest BCUT2D eigenvalue weighted by Crippen LogP contribution is 2.17. The first-order valence-electron chi connectivity index (χ1n) is 19.7. The maximum atomic E-state index is 13.0. The molecule has 0 saturated heterocycles. The van der Waals surface area contributed by atoms with Crippen LogP contribution in [0.4, 0.5) is 14.7 Å². The number of amides is 5. The van der Waals surface area contributed by atoms with Crippen LogP contribution in [0.3, 0.4) is 0 Å². The van der Waals surface area contributed by atoms with Crippen LogP contribution in [0.2, 0.25) is 0 Å². The summed E-state index contributed by atoms with van der Waals surface area (Å²) in [6.45, 7) is 2.70. The standard InChI is InChI=1S/C43H51N7O9S/c1-2-3-23-44-39(54)35(26-38(53)57-27-31-16-8-4-9-17-31)47-37(52)25-34-30-60-41(46-34)48-36(51)22-14-7-15-24-45-40(49-42(55)58-28-32-18-10-5-11-19-32)50-43(56)59-29-33-20-12-6-13-21-33/h4-6,8-13,16-21,30,35H,2-3,7,14-15,22-29H2,1H3,(H,44,54)(H,47,52)(H,46,48,51)(H2,45,49,50,55,56)/t35-/m0/s1. The number of hydrogen-bond donors (Lipinski definition) is 5. The lowest BCUT2D eigenvalue weighted by atomic mass is 10.1. The number of thiazole rings is 1. The number of nitrogens with one attached hydrogen (secondary N) is 5. The SMILES string of the molecule is CCCCNC(=O)[C@H](CC(=O)OCc1ccccc1)NC(=O)Cc1csc(NC(=O)CCCCCN=C(NC(=O)OCc2ccccc2)NC(=O)OCc2ccccc2)n1. The van der Waals surface area contributed by atoms with E-state index in [-0.39, 0.29) is 57.5 Å². The molecule has 0 fully saturated rings. The molecule has 4 aromatic rings. The highest BCUT2D eigenvalue weighted by molar-refractivity contribution is 7.13. The fourth-order valence-corrected chi connectivity index (χ4v) is 6.04. The van der Waals surface area contributed by atoms with Crippen molar-refractivity contribution in [1.29, 1.82) is 0 Å². The van der Waals surface area contributed by atoms with Crippen LogP contribution < -0.4 is 26.6 Å². The molecule has 0 saturated carbocycles. The number of hydrogen-bond acceptors (Lipinski definition) is 12. The fourth-order valence-electron chi connectivity index (χ4n) is 5.31. The lowest BCUT2D eigenvalue weighted by Crippen LogP contribution is -2.48. The minimum absolute atomic E-state index is 0.0213. The number of aromatic nitrogens is 1. The summed E-state index contributed by atoms with van der Waals surface area (Å²) in [5.41, 5.74) is 2.75. The Labute approximate surface area is 352 Å². The molecule has 0 radical (unpaired) electrons. The number of esters is 1. The van der Waals surface area contributed by atoms with E-state index in [4.69, 9.17) is 14.2 Å². The number of rotatable bonds is 22. The molecular weight excluding hydrogens is 791 g/mol. The van der Waals surface area contributed by atoms with Crippen molar-refractivity contribution in [3.05, 3.63) is 119 Å². The second-order valence-electron chi connectivity index (χ2n) is 13.4. The van der Waals surface area contributed by atoms with Crippen LogP contribution in [-0.4, -0.2) is 66.0 Å². The van der Waals surface area contributed by atoms with Gasteiger partial charge in [0, 0.05) is 24.9 Å². The van der Waals surface area contributed by atoms with Crippen LogP contribution in [0.15, 0.2) is 101 Å². The van der Waals surface area contributed by atoms with E-state index in [1.54, 1.807) is 5.38 Å². The molecule has 3 aromatic carbocycles. The minimum atomic E-state index is -1.14. The Morgan fingerprint density at radius 3 is 1.83 bits per heavy atom. The Bertz CT molecular complexity index is 1940. The first-order chi connectivity index (χ1) is 29.2. The highest BCUT2D eigenvalue weighted by atomic mass is 32.1. The van der Waals surface area contributed by atoms with Crippen molar-refractivity contribution in [2.75, 3.05) is 18.4 Å². The molecular formula is C43H51N7O9S. The number of alkyl carbamates (subject to hydrolysis) is 2. The van der Waals surface area contributed by atoms with Crippen LogP contribution in [-0.2, 0) is 59.6 Å². The number of unbranched alkanes of at least 4 members (excludes halogenated alkanes) is 3. The van der Waals surface area contributed by atoms with Crippen molar-refractivity contribution in [1.82, 2.24) is 26.3 Å². The Kier molecular flexibility index (Phi) is 20.3. The quantitative estimate of drug-likeness (QED) is 0.0207. The summed E-state index contributed by atoms with van der Waals surface area (Å²) in [5.74, 6) is -2.04. The van der Waals surface area contributed by atoms with Gasteiger partial charge in [0.15, 0.2) is 5.13 Å². The van der Waals surface area contributed by atoms with Crippen molar-refractivity contribution in [2.45, 2.75) is 84.2 Å². The molecule has 60 heavy (non-hydrogen) atoms. The van der Waals surface area contributed by atoms with Crippen LogP contribution in [0.5, 0.6) is 0 Å². The van der Waals surface area contributed by atoms with Gasteiger partial charge in [-0.25, -0.2) is 14.6 Å². The zero-order valence-electron chi connectivity index (χ0n) is 33.5. The van der Waals surface area contributed by atoms with Gasteiger partial charge in [0.05, 0.1) is 18.5 Å². The van der Waals surface area contributed by atoms with E-state index in [0.717, 1.165) is 40.9 Å². The van der Waals surface area contributed by atoms with Gasteiger partial charge in [-0.3, -0.25) is 34.8 Å². The highest BCUT2D eigenvalue weighted by Gasteiger charge is 2.25. The summed E-state index contributed by atoms with van der Waals surface area (Å²) in [6, 6.07) is 26.2. The molecule has 4 rings (SSSR count). The molecule has 0 unspecified atom stereocenters. The van der Waals surface area contributed by atoms with Crippen molar-refractivity contribution >= 4 is 58.3 Å². The molecule has 318 valence electrons. The first-order valence-corrected chi connectivity index (χ1v) is 20.6. The molecule has 16 nitrogen and oxygen atoms in total. The van der Waals surface area contributed by atoms with Gasteiger partial charge < -0.3 is 30.2 Å². The third-order valence-electron chi connectivity index (χ3n) is 8.43. The average Bonchev–Trinajstić information content (AvgIpc) is 3.69. The number of benzene rings is 3. The molecule has 5 amide bonds. The zero-order chi connectivity index (χ0) is 42.8. The number of aliphatic imine (C=N–C) groups is 1. The van der Waals surface area contributed by atoms with Gasteiger partial charge in [0.1, 0.15) is 25.9 Å². The molecule has 0 bridgehead atoms. The van der Waals surface area contributed by atoms with Gasteiger partial charge >= 0.3 is 18.2 Å². The van der Waals surface area contributed by atoms with E-state index in [2.05, 4.69) is 36.6 Å². The van der Waals surface area contributed by atoms with Crippen LogP contribution in [0.1, 0.15) is 74.3 Å². The van der Waals surface area contributed by atoms with Gasteiger partial charge in [0.2, 0.25) is 23.7 Å². The lowest BCUT2D eigenvalue weighted by molar-refractivity contribution is -0.147. The normalized spacial score (nSPS) is 10.9. The van der Waals surface area contributed by atoms with E-state index in [0.29, 0.717) is 36.6 Å². The Hall–Kier alpha value is -6.62. The topological polar surface area (TPSA) is 216 Å². The predicted octanol–water partition coefficient (Wildman–Crippen LogP) is 5.93. The van der Waals surface area contributed by atoms with Crippen LogP contribution in [0.25, 0.3) is 0 Å². The average molecular weight is 842 g/mol. The Morgan fingerprint density at radius 1 is 0.700 bits per heavy atom. The molecule has 1 aromatic heterocycles. The second kappa shape index (κ2) is 26.4. The van der Waals surface area contributed by atoms with Crippen molar-refractivity contribution < 1.29 is 43.0 Å². The monoisotopic (exact) mass is 841 g/mol. The maximum absolute atomic E-state index is 13.0. The number of carbonyl (C=O) groups excluding carboxylic acids is 6. The maximum Gasteiger partial charge on any atom is 0.414 e. The zero-order valence-corrected chi connectivity index (χ0v) is 34.3. The van der Waals surface area contributed by atoms with Crippen molar-refractivity contribution in [3.63, 3.8) is 0 Å². The number of guanidine groups is 1. The number of nitrogens with zero attached hydrogens (tertiary/aromatic N) is 2. The van der Waals surface area contributed by atoms with Gasteiger partial charge in [-0.1, -0.05) is 111 Å². The van der Waals surface area contributed by atoms with E-state index >= 15 is 0 Å². The van der Waals surface area contributed by atoms with Gasteiger partial charge in [-0.15, -0.1) is 11.3 Å². The third kappa shape index (κ3) is 18.8. The van der Waals surface area contributed by atoms with E-state index in [1.165, 1.54) is 0 Å². The van der Waals surface area contributed by atoms with Crippen molar-refractivity contribution in [2.24, 2.45) is 4.99 Å². The first kappa shape index (κ1) is 46.1. The molecule has 0 aliphatic carbocycles. The second-order valence-corrected chi connectivity index (χ2v) is 14.3. The van der Waals surface area contributed by atoms with Crippen LogP contribution in [0, 0.1) is 0 Å². The van der Waals surface area contributed by atoms with Gasteiger partial charge in [-0.05, 0) is 36.0 Å². The molecule has 17 heteroatoms. The van der Waals surface area contributed by atoms with Crippen LogP contribution >= 0.6 is 11.3 Å². The summed E-state index contributed by atoms with van der Waals surface area (Å²) in [5, 5.41) is 15.0. The minimum Gasteiger partial charge on any atom is -0.461 e. The Balaban J connectivity index is 1.19. The predicted molar refractivity (Wildman–Crippen MR) is 225 cm³/mol. The molecule has 0 aliphatic rings. The van der Waals surface area contributed by atoms with E-state index in [1.807, 2.05) is 97.9 Å². The van der Waals surface area contributed by atoms with Gasteiger partial charge in [0.25, 0.3) is 0 Å². The molecule has 5 N–H and O–H groups in total. The molecule has 0 aliphatic heterocycles. The number of ether oxygens (including phenoxy) is 3. The third-order valence-corrected chi connectivity index (χ3v) is 9.24. The fraction of sp³-hybridized carbons (Fsp3) is 0.349. The summed E-state index contributed by atoms with van der Waals surface area (Å²) in [6.07, 6.45) is 1.32. The molecule has 0 spiro atoms. The lowest BCUT2D eigenvalue weighted by Gasteiger charge is -2.18. The van der Waals surface area contributed by atoms with Crippen molar-refractivity contribution in [3.8, 4) is 0 Å². The largest absolute Gasteiger partial charge is 0.461 e. The smallest absolute Gasteiger partial charge is 0.414 e. The summed E-state index contributed by atoms with van der Waals surface area (Å²) < 4.78 is 15.8. The molecule has 1 atom stereocenters. The van der Waals surface area contributed by atoms with Gasteiger partial charge in [-0.2, -0.15) is 0 Å². The van der Waals surface area contributed by atoms with E-state index < -0.39 is 36.0 Å². The van der Waals surface area contributed by atoms with E-state index in [9.17, 15) is 28.8 Å². The number of anilines is 1. The Morgan fingerprint density at radius 2 is 1.27 bits per heavy atom. The summed E-state index contributed by atoms with van der Waals surface area (Å²) in [7, 11) is 0. The summed E-state index contributed by atoms with van der Waals surface area (Å²) in [4.78, 5) is 84.8. The summed E-state index contributed by atoms with van der Waals surface area (Å²) >= 11 is 1.15. The molecule has 1 heterocycles.